The molecule has 27 heavy (non-hydrogen) atoms. The second-order valence-corrected chi connectivity index (χ2v) is 7.38. The van der Waals surface area contributed by atoms with Crippen LogP contribution in [0.1, 0.15) is 35.3 Å². The second kappa shape index (κ2) is 8.83. The molecule has 1 aliphatic heterocycles. The highest BCUT2D eigenvalue weighted by molar-refractivity contribution is 6.31. The molecule has 1 N–H and O–H groups in total. The maximum Gasteiger partial charge on any atom is 0.254 e. The second-order valence-electron chi connectivity index (χ2n) is 6.97. The Morgan fingerprint density at radius 3 is 2.44 bits per heavy atom. The highest BCUT2D eigenvalue weighted by atomic mass is 35.5. The van der Waals surface area contributed by atoms with Gasteiger partial charge in [-0.3, -0.25) is 4.79 Å². The lowest BCUT2D eigenvalue weighted by atomic mass is 10.1. The van der Waals surface area contributed by atoms with Gasteiger partial charge in [0.2, 0.25) is 0 Å². The Balaban J connectivity index is 1.56. The van der Waals surface area contributed by atoms with Crippen LogP contribution in [0.3, 0.4) is 0 Å². The Morgan fingerprint density at radius 2 is 1.81 bits per heavy atom. The van der Waals surface area contributed by atoms with Crippen molar-refractivity contribution in [3.63, 3.8) is 0 Å². The number of hydrogen-bond acceptors (Lipinski definition) is 3. The smallest absolute Gasteiger partial charge is 0.254 e. The van der Waals surface area contributed by atoms with E-state index in [0.29, 0.717) is 42.3 Å². The Bertz CT molecular complexity index is 767. The van der Waals surface area contributed by atoms with Crippen LogP contribution in [0.5, 0.6) is 0 Å². The van der Waals surface area contributed by atoms with Gasteiger partial charge in [0, 0.05) is 42.3 Å². The molecule has 0 aromatic heterocycles. The minimum Gasteiger partial charge on any atom is -0.372 e. The molecule has 6 heteroatoms. The fourth-order valence-electron chi connectivity index (χ4n) is 3.32. The van der Waals surface area contributed by atoms with Crippen LogP contribution < -0.4 is 5.32 Å². The lowest BCUT2D eigenvalue weighted by molar-refractivity contribution is -0.0586. The molecule has 0 saturated carbocycles. The van der Waals surface area contributed by atoms with Crippen molar-refractivity contribution in [2.75, 3.05) is 13.1 Å². The van der Waals surface area contributed by atoms with Gasteiger partial charge in [-0.05, 0) is 43.7 Å². The summed E-state index contributed by atoms with van der Waals surface area (Å²) in [6.07, 6.45) is 0.0951. The molecule has 3 rings (SSSR count). The number of hydrogen-bond donors (Lipinski definition) is 1. The Hall–Kier alpha value is -1.95. The molecule has 2 atom stereocenters. The molecule has 0 radical (unpaired) electrons. The number of amides is 1. The first-order valence-corrected chi connectivity index (χ1v) is 9.49. The number of nitrogens with one attached hydrogen (secondary N) is 1. The summed E-state index contributed by atoms with van der Waals surface area (Å²) < 4.78 is 19.5. The molecule has 1 aliphatic rings. The van der Waals surface area contributed by atoms with E-state index in [2.05, 4.69) is 5.32 Å². The van der Waals surface area contributed by atoms with Gasteiger partial charge in [-0.25, -0.2) is 4.39 Å². The van der Waals surface area contributed by atoms with Crippen molar-refractivity contribution in [1.82, 2.24) is 10.2 Å². The van der Waals surface area contributed by atoms with Gasteiger partial charge < -0.3 is 15.0 Å². The van der Waals surface area contributed by atoms with Crippen LogP contribution in [0, 0.1) is 5.82 Å². The SMILES string of the molecule is CC1CN(C(=O)c2ccc(CNCc3c(F)cccc3Cl)cc2)CC(C)O1. The van der Waals surface area contributed by atoms with E-state index in [9.17, 15) is 9.18 Å². The number of halogens is 2. The fourth-order valence-corrected chi connectivity index (χ4v) is 3.55. The summed E-state index contributed by atoms with van der Waals surface area (Å²) >= 11 is 6.03. The van der Waals surface area contributed by atoms with Gasteiger partial charge in [0.05, 0.1) is 12.2 Å². The van der Waals surface area contributed by atoms with Gasteiger partial charge in [-0.15, -0.1) is 0 Å². The fraction of sp³-hybridized carbons (Fsp3) is 0.381. The number of rotatable bonds is 5. The topological polar surface area (TPSA) is 41.6 Å². The zero-order chi connectivity index (χ0) is 19.4. The summed E-state index contributed by atoms with van der Waals surface area (Å²) in [6, 6.07) is 12.2. The summed E-state index contributed by atoms with van der Waals surface area (Å²) in [5.74, 6) is -0.292. The number of carbonyl (C=O) groups excluding carboxylic acids is 1. The van der Waals surface area contributed by atoms with E-state index in [-0.39, 0.29) is 23.9 Å². The third-order valence-corrected chi connectivity index (χ3v) is 4.95. The molecule has 144 valence electrons. The molecule has 0 bridgehead atoms. The first kappa shape index (κ1) is 19.8. The number of ether oxygens (including phenoxy) is 1. The lowest BCUT2D eigenvalue weighted by Crippen LogP contribution is -2.48. The molecule has 1 heterocycles. The molecule has 1 saturated heterocycles. The Morgan fingerprint density at radius 1 is 1.15 bits per heavy atom. The van der Waals surface area contributed by atoms with Gasteiger partial charge in [0.15, 0.2) is 0 Å². The van der Waals surface area contributed by atoms with Gasteiger partial charge in [0.25, 0.3) is 5.91 Å². The third kappa shape index (κ3) is 5.06. The first-order valence-electron chi connectivity index (χ1n) is 9.11. The normalized spacial score (nSPS) is 19.9. The quantitative estimate of drug-likeness (QED) is 0.838. The van der Waals surface area contributed by atoms with Crippen LogP contribution in [-0.2, 0) is 17.8 Å². The largest absolute Gasteiger partial charge is 0.372 e. The molecular formula is C21H24ClFN2O2. The maximum absolute atomic E-state index is 13.8. The van der Waals surface area contributed by atoms with Crippen LogP contribution in [0.2, 0.25) is 5.02 Å². The van der Waals surface area contributed by atoms with E-state index >= 15 is 0 Å². The van der Waals surface area contributed by atoms with Crippen molar-refractivity contribution >= 4 is 17.5 Å². The first-order chi connectivity index (χ1) is 12.9. The Kier molecular flexibility index (Phi) is 6.47. The van der Waals surface area contributed by atoms with E-state index in [0.717, 1.165) is 5.56 Å². The van der Waals surface area contributed by atoms with Crippen LogP contribution >= 0.6 is 11.6 Å². The standard InChI is InChI=1S/C21H24ClFN2O2/c1-14-12-25(13-15(2)27-14)21(26)17-8-6-16(7-9-17)10-24-11-18-19(22)4-3-5-20(18)23/h3-9,14-15,24H,10-13H2,1-2H3. The van der Waals surface area contributed by atoms with Crippen molar-refractivity contribution in [1.29, 1.82) is 0 Å². The van der Waals surface area contributed by atoms with Gasteiger partial charge >= 0.3 is 0 Å². The average Bonchev–Trinajstić information content (AvgIpc) is 2.63. The van der Waals surface area contributed by atoms with Crippen molar-refractivity contribution in [3.8, 4) is 0 Å². The highest BCUT2D eigenvalue weighted by Gasteiger charge is 2.26. The number of morpholine rings is 1. The molecule has 0 spiro atoms. The molecule has 2 aromatic carbocycles. The van der Waals surface area contributed by atoms with Crippen molar-refractivity contribution in [2.45, 2.75) is 39.1 Å². The van der Waals surface area contributed by atoms with E-state index in [4.69, 9.17) is 16.3 Å². The minimum atomic E-state index is -0.315. The van der Waals surface area contributed by atoms with Crippen LogP contribution in [0.4, 0.5) is 4.39 Å². The van der Waals surface area contributed by atoms with Crippen LogP contribution in [0.25, 0.3) is 0 Å². The third-order valence-electron chi connectivity index (χ3n) is 4.60. The molecule has 0 aliphatic carbocycles. The average molecular weight is 391 g/mol. The summed E-state index contributed by atoms with van der Waals surface area (Å²) in [5.41, 5.74) is 2.14. The van der Waals surface area contributed by atoms with Gasteiger partial charge in [-0.1, -0.05) is 29.8 Å². The zero-order valence-electron chi connectivity index (χ0n) is 15.5. The monoisotopic (exact) mass is 390 g/mol. The molecule has 2 unspecified atom stereocenters. The van der Waals surface area contributed by atoms with Crippen LogP contribution in [-0.4, -0.2) is 36.1 Å². The predicted octanol–water partition coefficient (Wildman–Crippen LogP) is 4.02. The van der Waals surface area contributed by atoms with Gasteiger partial charge in [0.1, 0.15) is 5.82 Å². The van der Waals surface area contributed by atoms with Crippen molar-refractivity contribution in [2.24, 2.45) is 0 Å². The summed E-state index contributed by atoms with van der Waals surface area (Å²) in [6.45, 7) is 6.07. The molecular weight excluding hydrogens is 367 g/mol. The number of benzene rings is 2. The zero-order valence-corrected chi connectivity index (χ0v) is 16.3. The van der Waals surface area contributed by atoms with Crippen molar-refractivity contribution < 1.29 is 13.9 Å². The minimum absolute atomic E-state index is 0.0228. The molecule has 2 aromatic rings. The molecule has 1 fully saturated rings. The lowest BCUT2D eigenvalue weighted by Gasteiger charge is -2.35. The maximum atomic E-state index is 13.8. The number of carbonyl (C=O) groups is 1. The highest BCUT2D eigenvalue weighted by Crippen LogP contribution is 2.19. The van der Waals surface area contributed by atoms with E-state index in [1.165, 1.54) is 6.07 Å². The van der Waals surface area contributed by atoms with Gasteiger partial charge in [-0.2, -0.15) is 0 Å². The summed E-state index contributed by atoms with van der Waals surface area (Å²) in [4.78, 5) is 14.5. The van der Waals surface area contributed by atoms with E-state index in [1.54, 1.807) is 12.1 Å². The molecule has 4 nitrogen and oxygen atoms in total. The van der Waals surface area contributed by atoms with E-state index in [1.807, 2.05) is 43.0 Å². The van der Waals surface area contributed by atoms with E-state index < -0.39 is 0 Å². The van der Waals surface area contributed by atoms with Crippen molar-refractivity contribution in [3.05, 3.63) is 70.0 Å². The summed E-state index contributed by atoms with van der Waals surface area (Å²) in [7, 11) is 0. The Labute approximate surface area is 164 Å². The van der Waals surface area contributed by atoms with Crippen LogP contribution in [0.15, 0.2) is 42.5 Å². The molecule has 1 amide bonds. The predicted molar refractivity (Wildman–Crippen MR) is 104 cm³/mol. The number of nitrogens with zero attached hydrogens (tertiary/aromatic N) is 1. The summed E-state index contributed by atoms with van der Waals surface area (Å²) in [5, 5.41) is 3.60.